The number of anilines is 1. The summed E-state index contributed by atoms with van der Waals surface area (Å²) in [4.78, 5) is 0. The van der Waals surface area contributed by atoms with Gasteiger partial charge in [-0.3, -0.25) is 0 Å². The molecule has 0 fully saturated rings. The van der Waals surface area contributed by atoms with Crippen LogP contribution in [0.5, 0.6) is 0 Å². The molecule has 0 bridgehead atoms. The molecule has 0 radical (unpaired) electrons. The largest absolute Gasteiger partial charge is 0.363 e. The third kappa shape index (κ3) is 3.09. The van der Waals surface area contributed by atoms with Gasteiger partial charge < -0.3 is 10.6 Å². The van der Waals surface area contributed by atoms with Crippen LogP contribution in [0, 0.1) is 17.5 Å². The summed E-state index contributed by atoms with van der Waals surface area (Å²) < 4.78 is 38.1. The highest BCUT2D eigenvalue weighted by molar-refractivity contribution is 7.80. The first kappa shape index (κ1) is 11.8. The summed E-state index contributed by atoms with van der Waals surface area (Å²) >= 11 is 4.79. The Morgan fingerprint density at radius 2 is 1.80 bits per heavy atom. The van der Waals surface area contributed by atoms with Gasteiger partial charge in [-0.1, -0.05) is 0 Å². The van der Waals surface area contributed by atoms with Crippen molar-refractivity contribution in [3.63, 3.8) is 0 Å². The Kier molecular flexibility index (Phi) is 3.90. The van der Waals surface area contributed by atoms with Gasteiger partial charge in [0.2, 0.25) is 0 Å². The molecule has 0 saturated carbocycles. The van der Waals surface area contributed by atoms with E-state index in [9.17, 15) is 13.2 Å². The van der Waals surface area contributed by atoms with E-state index in [2.05, 4.69) is 10.6 Å². The molecular formula is C9H9F3N2S. The molecule has 82 valence electrons. The van der Waals surface area contributed by atoms with Gasteiger partial charge in [-0.05, 0) is 19.1 Å². The summed E-state index contributed by atoms with van der Waals surface area (Å²) in [6.45, 7) is 2.40. The lowest BCUT2D eigenvalue weighted by Gasteiger charge is -2.09. The summed E-state index contributed by atoms with van der Waals surface area (Å²) in [5.41, 5.74) is 0.0670. The summed E-state index contributed by atoms with van der Waals surface area (Å²) in [5.74, 6) is -4.00. The quantitative estimate of drug-likeness (QED) is 0.607. The van der Waals surface area contributed by atoms with Crippen molar-refractivity contribution in [2.45, 2.75) is 6.92 Å². The lowest BCUT2D eigenvalue weighted by atomic mass is 10.3. The van der Waals surface area contributed by atoms with Gasteiger partial charge in [0.05, 0.1) is 0 Å². The molecule has 0 spiro atoms. The van der Waals surface area contributed by atoms with E-state index in [1.807, 2.05) is 6.92 Å². The Labute approximate surface area is 90.5 Å². The first-order valence-electron chi connectivity index (χ1n) is 4.24. The minimum Gasteiger partial charge on any atom is -0.363 e. The van der Waals surface area contributed by atoms with Gasteiger partial charge in [-0.25, -0.2) is 13.2 Å². The van der Waals surface area contributed by atoms with Gasteiger partial charge >= 0.3 is 0 Å². The van der Waals surface area contributed by atoms with Crippen LogP contribution in [0.25, 0.3) is 0 Å². The van der Waals surface area contributed by atoms with Gasteiger partial charge in [-0.15, -0.1) is 0 Å². The smallest absolute Gasteiger partial charge is 0.194 e. The van der Waals surface area contributed by atoms with E-state index in [1.54, 1.807) is 0 Å². The summed E-state index contributed by atoms with van der Waals surface area (Å²) in [6, 6.07) is 1.67. The topological polar surface area (TPSA) is 24.1 Å². The minimum absolute atomic E-state index is 0.0670. The zero-order valence-corrected chi connectivity index (χ0v) is 8.72. The summed E-state index contributed by atoms with van der Waals surface area (Å²) in [5, 5.41) is 5.48. The van der Waals surface area contributed by atoms with Crippen LogP contribution in [0.2, 0.25) is 0 Å². The predicted octanol–water partition coefficient (Wildman–Crippen LogP) is 2.41. The average molecular weight is 234 g/mol. The highest BCUT2D eigenvalue weighted by Crippen LogP contribution is 2.17. The predicted molar refractivity (Wildman–Crippen MR) is 56.2 cm³/mol. The Morgan fingerprint density at radius 1 is 1.27 bits per heavy atom. The lowest BCUT2D eigenvalue weighted by Crippen LogP contribution is -2.28. The van der Waals surface area contributed by atoms with E-state index in [1.165, 1.54) is 0 Å². The maximum Gasteiger partial charge on any atom is 0.194 e. The van der Waals surface area contributed by atoms with Crippen LogP contribution in [-0.4, -0.2) is 11.7 Å². The molecular weight excluding hydrogens is 225 g/mol. The Morgan fingerprint density at radius 3 is 2.27 bits per heavy atom. The Balaban J connectivity index is 2.83. The number of nitrogens with one attached hydrogen (secondary N) is 2. The standard InChI is InChI=1S/C9H9F3N2S/c1-2-13-9(15)14-5-3-6(10)8(12)7(11)4-5/h3-4H,2H2,1H3,(H2,13,14,15). The first-order chi connectivity index (χ1) is 7.04. The SMILES string of the molecule is CCNC(=S)Nc1cc(F)c(F)c(F)c1. The maximum atomic E-state index is 12.8. The fourth-order valence-corrected chi connectivity index (χ4v) is 1.23. The molecule has 1 rings (SSSR count). The van der Waals surface area contributed by atoms with Crippen LogP contribution in [0.4, 0.5) is 18.9 Å². The summed E-state index contributed by atoms with van der Waals surface area (Å²) in [6.07, 6.45) is 0. The molecule has 6 heteroatoms. The van der Waals surface area contributed by atoms with Crippen molar-refractivity contribution in [1.29, 1.82) is 0 Å². The zero-order chi connectivity index (χ0) is 11.4. The van der Waals surface area contributed by atoms with Crippen molar-refractivity contribution in [1.82, 2.24) is 5.32 Å². The van der Waals surface area contributed by atoms with E-state index in [0.29, 0.717) is 6.54 Å². The molecule has 0 heterocycles. The zero-order valence-electron chi connectivity index (χ0n) is 7.90. The monoisotopic (exact) mass is 234 g/mol. The number of hydrogen-bond acceptors (Lipinski definition) is 1. The van der Waals surface area contributed by atoms with Crippen LogP contribution in [0.1, 0.15) is 6.92 Å². The second-order valence-electron chi connectivity index (χ2n) is 2.74. The lowest BCUT2D eigenvalue weighted by molar-refractivity contribution is 0.448. The number of hydrogen-bond donors (Lipinski definition) is 2. The van der Waals surface area contributed by atoms with Crippen LogP contribution < -0.4 is 10.6 Å². The van der Waals surface area contributed by atoms with Crippen molar-refractivity contribution < 1.29 is 13.2 Å². The van der Waals surface area contributed by atoms with Gasteiger partial charge in [0.25, 0.3) is 0 Å². The maximum absolute atomic E-state index is 12.8. The normalized spacial score (nSPS) is 9.87. The second kappa shape index (κ2) is 4.97. The molecule has 0 aliphatic carbocycles. The number of rotatable bonds is 2. The third-order valence-corrected chi connectivity index (χ3v) is 1.83. The number of benzene rings is 1. The average Bonchev–Trinajstić information content (AvgIpc) is 2.14. The Bertz CT molecular complexity index is 359. The van der Waals surface area contributed by atoms with Crippen LogP contribution in [0.15, 0.2) is 12.1 Å². The molecule has 1 aromatic carbocycles. The van der Waals surface area contributed by atoms with Gasteiger partial charge in [0, 0.05) is 24.4 Å². The molecule has 2 N–H and O–H groups in total. The van der Waals surface area contributed by atoms with Crippen molar-refractivity contribution in [3.05, 3.63) is 29.6 Å². The molecule has 0 atom stereocenters. The minimum atomic E-state index is -1.49. The van der Waals surface area contributed by atoms with E-state index >= 15 is 0 Å². The molecule has 0 aliphatic heterocycles. The first-order valence-corrected chi connectivity index (χ1v) is 4.64. The molecule has 0 amide bonds. The molecule has 2 nitrogen and oxygen atoms in total. The van der Waals surface area contributed by atoms with E-state index < -0.39 is 17.5 Å². The van der Waals surface area contributed by atoms with E-state index in [4.69, 9.17) is 12.2 Å². The second-order valence-corrected chi connectivity index (χ2v) is 3.15. The highest BCUT2D eigenvalue weighted by atomic mass is 32.1. The van der Waals surface area contributed by atoms with Gasteiger partial charge in [0.1, 0.15) is 0 Å². The van der Waals surface area contributed by atoms with E-state index in [-0.39, 0.29) is 10.8 Å². The Hall–Kier alpha value is -1.30. The number of thiocarbonyl (C=S) groups is 1. The molecule has 15 heavy (non-hydrogen) atoms. The van der Waals surface area contributed by atoms with Crippen LogP contribution in [-0.2, 0) is 0 Å². The number of halogens is 3. The molecule has 1 aromatic rings. The highest BCUT2D eigenvalue weighted by Gasteiger charge is 2.10. The molecule has 0 aliphatic rings. The van der Waals surface area contributed by atoms with Crippen molar-refractivity contribution in [3.8, 4) is 0 Å². The van der Waals surface area contributed by atoms with Gasteiger partial charge in [-0.2, -0.15) is 0 Å². The van der Waals surface area contributed by atoms with Crippen LogP contribution >= 0.6 is 12.2 Å². The van der Waals surface area contributed by atoms with Gasteiger partial charge in [0.15, 0.2) is 22.6 Å². The fraction of sp³-hybridized carbons (Fsp3) is 0.222. The van der Waals surface area contributed by atoms with Crippen molar-refractivity contribution in [2.75, 3.05) is 11.9 Å². The fourth-order valence-electron chi connectivity index (χ4n) is 0.964. The van der Waals surface area contributed by atoms with Crippen LogP contribution in [0.3, 0.4) is 0 Å². The third-order valence-electron chi connectivity index (χ3n) is 1.58. The molecule has 0 saturated heterocycles. The van der Waals surface area contributed by atoms with Crippen molar-refractivity contribution in [2.24, 2.45) is 0 Å². The summed E-state index contributed by atoms with van der Waals surface area (Å²) in [7, 11) is 0. The van der Waals surface area contributed by atoms with E-state index in [0.717, 1.165) is 12.1 Å². The van der Waals surface area contributed by atoms with Crippen molar-refractivity contribution >= 4 is 23.0 Å². The molecule has 0 unspecified atom stereocenters. The molecule has 0 aromatic heterocycles.